The van der Waals surface area contributed by atoms with E-state index in [1.54, 1.807) is 0 Å². The van der Waals surface area contributed by atoms with Crippen molar-refractivity contribution in [3.05, 3.63) is 48.6 Å². The number of halogens is 1. The molecule has 0 aromatic carbocycles. The molecule has 2 N–H and O–H groups in total. The first-order chi connectivity index (χ1) is 19.5. The maximum atomic E-state index is 10.3. The Balaban J connectivity index is -0.000000688. The number of hydrogen-bond acceptors (Lipinski definition) is 2. The molecule has 0 unspecified atom stereocenters. The molecule has 0 aromatic rings. The largest absolute Gasteiger partial charge is 0.481 e. The molecule has 0 aliphatic heterocycles. The smallest absolute Gasteiger partial charge is 0.303 e. The fourth-order valence-corrected chi connectivity index (χ4v) is 4.18. The van der Waals surface area contributed by atoms with Gasteiger partial charge in [-0.3, -0.25) is 9.59 Å². The van der Waals surface area contributed by atoms with E-state index in [2.05, 4.69) is 62.5 Å². The molecule has 0 aliphatic rings. The number of aliphatic carboxylic acids is 2. The van der Waals surface area contributed by atoms with E-state index in [9.17, 15) is 9.59 Å². The van der Waals surface area contributed by atoms with Gasteiger partial charge in [0.15, 0.2) is 0 Å². The van der Waals surface area contributed by atoms with Gasteiger partial charge in [0.1, 0.15) is 0 Å². The molecule has 4 nitrogen and oxygen atoms in total. The molecule has 0 radical (unpaired) electrons. The van der Waals surface area contributed by atoms with Crippen LogP contribution >= 0.6 is 12.4 Å². The molecule has 0 rings (SSSR count). The molecular formula is C36H65ClO4. The first-order valence-electron chi connectivity index (χ1n) is 16.6. The summed E-state index contributed by atoms with van der Waals surface area (Å²) in [5.41, 5.74) is 0. The van der Waals surface area contributed by atoms with E-state index in [0.717, 1.165) is 51.4 Å². The van der Waals surface area contributed by atoms with Gasteiger partial charge in [-0.05, 0) is 77.0 Å². The lowest BCUT2D eigenvalue weighted by atomic mass is 10.1. The molecule has 0 amide bonds. The van der Waals surface area contributed by atoms with Crippen molar-refractivity contribution in [2.45, 2.75) is 168 Å². The number of carboxylic acids is 2. The van der Waals surface area contributed by atoms with Crippen LogP contribution in [0.25, 0.3) is 0 Å². The summed E-state index contributed by atoms with van der Waals surface area (Å²) >= 11 is 0. The predicted molar refractivity (Wildman–Crippen MR) is 181 cm³/mol. The van der Waals surface area contributed by atoms with Crippen molar-refractivity contribution in [1.29, 1.82) is 0 Å². The zero-order valence-corrected chi connectivity index (χ0v) is 27.5. The standard InChI is InChI=1S/2C18H32O2.ClH/c2*1-2-3-4-5-6-7-8-9-10-11-12-13-14-15-16-17-18(19)20;/h2*6-7,9-10H,2-5,8,11-17H2,1H3,(H,19,20);1H/b2*7-6-,10-9-;. The van der Waals surface area contributed by atoms with Crippen molar-refractivity contribution < 1.29 is 19.8 Å². The Hall–Kier alpha value is -1.81. The summed E-state index contributed by atoms with van der Waals surface area (Å²) in [6, 6.07) is 0. The number of carbonyl (C=O) groups is 2. The van der Waals surface area contributed by atoms with E-state index in [0.29, 0.717) is 12.8 Å². The maximum absolute atomic E-state index is 10.3. The summed E-state index contributed by atoms with van der Waals surface area (Å²) in [6.07, 6.45) is 44.6. The van der Waals surface area contributed by atoms with Crippen molar-refractivity contribution in [2.75, 3.05) is 0 Å². The third-order valence-corrected chi connectivity index (χ3v) is 6.68. The molecular weight excluding hydrogens is 532 g/mol. The minimum Gasteiger partial charge on any atom is -0.481 e. The van der Waals surface area contributed by atoms with Gasteiger partial charge in [0.25, 0.3) is 0 Å². The Morgan fingerprint density at radius 3 is 0.976 bits per heavy atom. The second-order valence-electron chi connectivity index (χ2n) is 10.7. The van der Waals surface area contributed by atoms with Crippen molar-refractivity contribution in [3.63, 3.8) is 0 Å². The molecule has 5 heteroatoms. The predicted octanol–water partition coefficient (Wildman–Crippen LogP) is 12.2. The van der Waals surface area contributed by atoms with E-state index >= 15 is 0 Å². The van der Waals surface area contributed by atoms with Crippen LogP contribution in [0.15, 0.2) is 48.6 Å². The molecule has 0 aromatic heterocycles. The third-order valence-electron chi connectivity index (χ3n) is 6.68. The molecule has 0 heterocycles. The van der Waals surface area contributed by atoms with Gasteiger partial charge in [-0.15, -0.1) is 12.4 Å². The first kappa shape index (κ1) is 43.6. The summed E-state index contributed by atoms with van der Waals surface area (Å²) in [5, 5.41) is 17.0. The fourth-order valence-electron chi connectivity index (χ4n) is 4.18. The van der Waals surface area contributed by atoms with Crippen LogP contribution in [0, 0.1) is 0 Å². The van der Waals surface area contributed by atoms with Crippen molar-refractivity contribution in [1.82, 2.24) is 0 Å². The summed E-state index contributed by atoms with van der Waals surface area (Å²) in [5.74, 6) is -1.34. The van der Waals surface area contributed by atoms with Gasteiger partial charge in [0, 0.05) is 12.8 Å². The zero-order valence-electron chi connectivity index (χ0n) is 26.7. The Labute approximate surface area is 260 Å². The highest BCUT2D eigenvalue weighted by molar-refractivity contribution is 5.85. The minimum atomic E-state index is -0.671. The molecule has 0 aliphatic carbocycles. The van der Waals surface area contributed by atoms with Crippen molar-refractivity contribution in [2.24, 2.45) is 0 Å². The second kappa shape index (κ2) is 40.3. The van der Waals surface area contributed by atoms with Gasteiger partial charge in [-0.1, -0.05) is 127 Å². The van der Waals surface area contributed by atoms with Gasteiger partial charge < -0.3 is 10.2 Å². The molecule has 0 saturated carbocycles. The quantitative estimate of drug-likeness (QED) is 0.0695. The highest BCUT2D eigenvalue weighted by Gasteiger charge is 1.96. The molecule has 0 spiro atoms. The maximum Gasteiger partial charge on any atom is 0.303 e. The Morgan fingerprint density at radius 1 is 0.415 bits per heavy atom. The summed E-state index contributed by atoms with van der Waals surface area (Å²) in [4.78, 5) is 20.6. The second-order valence-corrected chi connectivity index (χ2v) is 10.7. The van der Waals surface area contributed by atoms with E-state index < -0.39 is 11.9 Å². The minimum absolute atomic E-state index is 0. The average Bonchev–Trinajstić information content (AvgIpc) is 2.93. The monoisotopic (exact) mass is 596 g/mol. The molecule has 0 bridgehead atoms. The third kappa shape index (κ3) is 48.3. The number of unbranched alkanes of at least 4 members (excludes halogenated alkanes) is 16. The lowest BCUT2D eigenvalue weighted by Gasteiger charge is -1.98. The van der Waals surface area contributed by atoms with E-state index in [1.807, 2.05) is 0 Å². The summed E-state index contributed by atoms with van der Waals surface area (Å²) in [6.45, 7) is 4.47. The highest BCUT2D eigenvalue weighted by Crippen LogP contribution is 2.09. The van der Waals surface area contributed by atoms with Crippen LogP contribution in [0.1, 0.15) is 168 Å². The zero-order chi connectivity index (χ0) is 29.8. The Kier molecular flexibility index (Phi) is 42.9. The lowest BCUT2D eigenvalue weighted by Crippen LogP contribution is -1.93. The lowest BCUT2D eigenvalue weighted by molar-refractivity contribution is -0.138. The normalized spacial score (nSPS) is 11.4. The van der Waals surface area contributed by atoms with Crippen LogP contribution in [0.4, 0.5) is 0 Å². The van der Waals surface area contributed by atoms with Crippen LogP contribution in [-0.2, 0) is 9.59 Å². The topological polar surface area (TPSA) is 74.6 Å². The molecule has 240 valence electrons. The van der Waals surface area contributed by atoms with E-state index in [-0.39, 0.29) is 12.4 Å². The van der Waals surface area contributed by atoms with Crippen molar-refractivity contribution in [3.8, 4) is 0 Å². The van der Waals surface area contributed by atoms with Gasteiger partial charge in [-0.2, -0.15) is 0 Å². The van der Waals surface area contributed by atoms with Crippen LogP contribution in [0.3, 0.4) is 0 Å². The van der Waals surface area contributed by atoms with E-state index in [4.69, 9.17) is 10.2 Å². The Morgan fingerprint density at radius 2 is 0.683 bits per heavy atom. The first-order valence-corrected chi connectivity index (χ1v) is 16.6. The van der Waals surface area contributed by atoms with Gasteiger partial charge in [0.05, 0.1) is 0 Å². The SMILES string of the molecule is CCCCC/C=C\C/C=C\CCCCCCCC(=O)O.CCCCC/C=C\C/C=C\CCCCCCCC(=O)O.Cl. The molecule has 0 fully saturated rings. The highest BCUT2D eigenvalue weighted by atomic mass is 35.5. The number of hydrogen-bond donors (Lipinski definition) is 2. The average molecular weight is 597 g/mol. The number of carboxylic acid groups (broad SMARTS) is 2. The van der Waals surface area contributed by atoms with Crippen LogP contribution in [0.5, 0.6) is 0 Å². The number of allylic oxidation sites excluding steroid dienone is 8. The van der Waals surface area contributed by atoms with Crippen LogP contribution in [0.2, 0.25) is 0 Å². The number of rotatable bonds is 28. The van der Waals surface area contributed by atoms with Crippen LogP contribution < -0.4 is 0 Å². The van der Waals surface area contributed by atoms with E-state index in [1.165, 1.54) is 89.9 Å². The molecule has 0 saturated heterocycles. The molecule has 0 atom stereocenters. The van der Waals surface area contributed by atoms with Crippen LogP contribution in [-0.4, -0.2) is 22.2 Å². The Bertz CT molecular complexity index is 596. The fraction of sp³-hybridized carbons (Fsp3) is 0.722. The molecule has 41 heavy (non-hydrogen) atoms. The summed E-state index contributed by atoms with van der Waals surface area (Å²) in [7, 11) is 0. The van der Waals surface area contributed by atoms with Crippen molar-refractivity contribution >= 4 is 24.3 Å². The summed E-state index contributed by atoms with van der Waals surface area (Å²) < 4.78 is 0. The van der Waals surface area contributed by atoms with Gasteiger partial charge in [-0.25, -0.2) is 0 Å². The van der Waals surface area contributed by atoms with Gasteiger partial charge in [0.2, 0.25) is 0 Å². The van der Waals surface area contributed by atoms with Gasteiger partial charge >= 0.3 is 11.9 Å².